The quantitative estimate of drug-likeness (QED) is 0.116. The Labute approximate surface area is 230 Å². The zero-order valence-corrected chi connectivity index (χ0v) is 24.1. The number of hydrogen-bond donors (Lipinski definition) is 1. The molecule has 1 saturated heterocycles. The minimum atomic E-state index is -0.728. The van der Waals surface area contributed by atoms with Crippen molar-refractivity contribution in [1.82, 2.24) is 19.9 Å². The molecular weight excluding hydrogens is 520 g/mol. The van der Waals surface area contributed by atoms with Gasteiger partial charge in [-0.1, -0.05) is 30.7 Å². The summed E-state index contributed by atoms with van der Waals surface area (Å²) in [6.07, 6.45) is 6.50. The molecule has 1 aliphatic heterocycles. The van der Waals surface area contributed by atoms with Crippen LogP contribution in [0.15, 0.2) is 22.5 Å². The third-order valence-electron chi connectivity index (χ3n) is 7.76. The van der Waals surface area contributed by atoms with Gasteiger partial charge in [-0.15, -0.1) is 11.3 Å². The van der Waals surface area contributed by atoms with Crippen molar-refractivity contribution in [3.63, 3.8) is 0 Å². The van der Waals surface area contributed by atoms with Crippen molar-refractivity contribution in [2.24, 2.45) is 11.0 Å². The molecule has 6 rings (SSSR count). The first-order chi connectivity index (χ1) is 18.1. The fraction of sp³-hybridized carbons (Fsp3) is 0.615. The molecule has 0 unspecified atom stereocenters. The second-order valence-corrected chi connectivity index (χ2v) is 13.2. The molecule has 0 bridgehead atoms. The molecule has 12 heteroatoms. The average molecular weight is 553 g/mol. The van der Waals surface area contributed by atoms with Crippen LogP contribution in [0.5, 0.6) is 0 Å². The van der Waals surface area contributed by atoms with Crippen LogP contribution in [0.1, 0.15) is 64.3 Å². The molecule has 2 aliphatic carbocycles. The summed E-state index contributed by atoms with van der Waals surface area (Å²) in [4.78, 5) is 22.5. The van der Waals surface area contributed by atoms with E-state index in [1.54, 1.807) is 11.3 Å². The Morgan fingerprint density at radius 2 is 1.97 bits per heavy atom. The summed E-state index contributed by atoms with van der Waals surface area (Å²) < 4.78 is 13.9. The van der Waals surface area contributed by atoms with E-state index in [1.807, 2.05) is 53.1 Å². The first-order valence-electron chi connectivity index (χ1n) is 13.0. The van der Waals surface area contributed by atoms with Crippen LogP contribution in [-0.4, -0.2) is 55.8 Å². The van der Waals surface area contributed by atoms with Crippen LogP contribution in [0, 0.1) is 12.8 Å². The smallest absolute Gasteiger partial charge is 0.189 e. The van der Waals surface area contributed by atoms with Gasteiger partial charge in [0.2, 0.25) is 0 Å². The van der Waals surface area contributed by atoms with Crippen molar-refractivity contribution in [3.05, 3.63) is 34.1 Å². The van der Waals surface area contributed by atoms with Crippen LogP contribution < -0.4 is 5.32 Å². The van der Waals surface area contributed by atoms with Crippen LogP contribution in [0.2, 0.25) is 0 Å². The van der Waals surface area contributed by atoms with Gasteiger partial charge in [0.1, 0.15) is 22.4 Å². The molecule has 38 heavy (non-hydrogen) atoms. The fourth-order valence-corrected chi connectivity index (χ4v) is 7.29. The third-order valence-corrected chi connectivity index (χ3v) is 9.35. The van der Waals surface area contributed by atoms with Crippen molar-refractivity contribution in [1.29, 1.82) is 0 Å². The molecule has 3 aromatic heterocycles. The molecule has 3 aliphatic rings. The lowest BCUT2D eigenvalue weighted by molar-refractivity contribution is -0.159. The van der Waals surface area contributed by atoms with Crippen LogP contribution >= 0.6 is 23.1 Å². The Kier molecular flexibility index (Phi) is 6.31. The summed E-state index contributed by atoms with van der Waals surface area (Å²) in [5.74, 6) is 0.496. The highest BCUT2D eigenvalue weighted by Gasteiger charge is 2.57. The van der Waals surface area contributed by atoms with Crippen molar-refractivity contribution in [2.45, 2.75) is 94.5 Å². The molecule has 4 atom stereocenters. The number of anilines is 1. The zero-order valence-electron chi connectivity index (χ0n) is 22.4. The summed E-state index contributed by atoms with van der Waals surface area (Å²) in [7, 11) is 0. The van der Waals surface area contributed by atoms with Crippen LogP contribution in [0.3, 0.4) is 0 Å². The lowest BCUT2D eigenvalue weighted by Crippen LogP contribution is -2.38. The Morgan fingerprint density at radius 3 is 2.68 bits per heavy atom. The van der Waals surface area contributed by atoms with E-state index in [0.717, 1.165) is 38.0 Å². The number of rotatable bonds is 7. The maximum Gasteiger partial charge on any atom is 0.189 e. The Morgan fingerprint density at radius 1 is 1.21 bits per heavy atom. The maximum absolute atomic E-state index is 9.22. The number of thioether (sulfide) groups is 1. The molecule has 0 spiro atoms. The monoisotopic (exact) mass is 552 g/mol. The summed E-state index contributed by atoms with van der Waals surface area (Å²) in [6, 6.07) is 1.94. The van der Waals surface area contributed by atoms with E-state index in [9.17, 15) is 5.53 Å². The fourth-order valence-electron chi connectivity index (χ4n) is 5.81. The molecule has 3 aromatic rings. The number of fused-ring (bicyclic) bond motifs is 2. The summed E-state index contributed by atoms with van der Waals surface area (Å²) in [6.45, 7) is 9.79. The van der Waals surface area contributed by atoms with Gasteiger partial charge in [0.05, 0.1) is 33.8 Å². The number of aryl methyl sites for hydroxylation is 1. The minimum Gasteiger partial charge on any atom is -0.364 e. The van der Waals surface area contributed by atoms with Crippen molar-refractivity contribution in [2.75, 3.05) is 11.6 Å². The molecule has 4 heterocycles. The second-order valence-electron chi connectivity index (χ2n) is 11.4. The number of nitrogens with zero attached hydrogens (tertiary/aromatic N) is 7. The number of thiazole rings is 1. The van der Waals surface area contributed by atoms with E-state index in [0.29, 0.717) is 17.5 Å². The normalized spacial score (nSPS) is 26.4. The molecule has 1 N–H and O–H groups in total. The third kappa shape index (κ3) is 4.52. The van der Waals surface area contributed by atoms with Crippen LogP contribution in [-0.2, 0) is 9.47 Å². The molecule has 0 aromatic carbocycles. The molecule has 200 valence electrons. The number of hydrogen-bond acceptors (Lipinski definition) is 10. The van der Waals surface area contributed by atoms with Gasteiger partial charge in [-0.2, -0.15) is 0 Å². The summed E-state index contributed by atoms with van der Waals surface area (Å²) in [5, 5.41) is 9.41. The predicted molar refractivity (Wildman–Crippen MR) is 150 cm³/mol. The first-order valence-corrected chi connectivity index (χ1v) is 15.0. The highest BCUT2D eigenvalue weighted by Crippen LogP contribution is 2.49. The van der Waals surface area contributed by atoms with Crippen LogP contribution in [0.25, 0.3) is 31.2 Å². The Balaban J connectivity index is 1.41. The van der Waals surface area contributed by atoms with E-state index in [4.69, 9.17) is 24.4 Å². The van der Waals surface area contributed by atoms with Gasteiger partial charge < -0.3 is 14.8 Å². The Hall–Kier alpha value is -2.50. The number of nitrogens with one attached hydrogen (secondary N) is 1. The van der Waals surface area contributed by atoms with E-state index < -0.39 is 11.3 Å². The molecule has 0 radical (unpaired) electrons. The van der Waals surface area contributed by atoms with Crippen molar-refractivity contribution >= 4 is 39.1 Å². The number of pyridine rings is 1. The lowest BCUT2D eigenvalue weighted by atomic mass is 9.85. The van der Waals surface area contributed by atoms with Crippen molar-refractivity contribution < 1.29 is 9.47 Å². The number of ether oxygens (including phenoxy) is 2. The van der Waals surface area contributed by atoms with E-state index in [1.165, 1.54) is 24.6 Å². The number of azide groups is 1. The van der Waals surface area contributed by atoms with Gasteiger partial charge in [-0.3, -0.25) is 4.98 Å². The minimum absolute atomic E-state index is 0.0243. The lowest BCUT2D eigenvalue weighted by Gasteiger charge is -2.31. The topological polar surface area (TPSA) is 131 Å². The van der Waals surface area contributed by atoms with E-state index >= 15 is 0 Å². The molecular formula is C26H32N8O2S2. The van der Waals surface area contributed by atoms with Gasteiger partial charge in [-0.05, 0) is 57.9 Å². The van der Waals surface area contributed by atoms with Gasteiger partial charge >= 0.3 is 0 Å². The van der Waals surface area contributed by atoms with Crippen LogP contribution in [0.4, 0.5) is 5.82 Å². The average Bonchev–Trinajstić information content (AvgIpc) is 3.41. The standard InChI is InChI=1S/C26H32N8O2S2/c1-12-17(23-31-19-16(38-23)9-10-28-18(19)13-7-8-13)22(32-24(29-12)37-6)30-15-11-14(25(2,3)33-34-27)20-21(15)36-26(4,5)35-20/h9-10,13-15,20-21H,7-8,11H2,1-6H3,(H,29,30,32)/t14-,15+,20+,21-/m0/s1. The van der Waals surface area contributed by atoms with E-state index in [-0.39, 0.29) is 24.2 Å². The van der Waals surface area contributed by atoms with Gasteiger partial charge in [-0.25, -0.2) is 15.0 Å². The Bertz CT molecular complexity index is 1450. The maximum atomic E-state index is 9.22. The number of aromatic nitrogens is 4. The SMILES string of the molecule is CSc1nc(C)c(-c2nc3c(C4CC4)nccc3s2)c(N[C@@H]2C[C@H](C(C)(C)N=[N+]=[N-])[C@H]3OC(C)(C)O[C@H]32)n1. The summed E-state index contributed by atoms with van der Waals surface area (Å²) >= 11 is 3.16. The van der Waals surface area contributed by atoms with Gasteiger partial charge in [0.25, 0.3) is 0 Å². The molecule has 10 nitrogen and oxygen atoms in total. The highest BCUT2D eigenvalue weighted by molar-refractivity contribution is 7.98. The van der Waals surface area contributed by atoms with Crippen molar-refractivity contribution in [3.8, 4) is 10.6 Å². The molecule has 3 fully saturated rings. The summed E-state index contributed by atoms with van der Waals surface area (Å²) in [5.41, 5.74) is 12.4. The second kappa shape index (κ2) is 9.31. The first kappa shape index (κ1) is 25.8. The van der Waals surface area contributed by atoms with E-state index in [2.05, 4.69) is 20.3 Å². The molecule has 0 amide bonds. The van der Waals surface area contributed by atoms with Gasteiger partial charge in [0.15, 0.2) is 10.9 Å². The largest absolute Gasteiger partial charge is 0.364 e. The molecule has 2 saturated carbocycles. The predicted octanol–water partition coefficient (Wildman–Crippen LogP) is 6.47. The zero-order chi connectivity index (χ0) is 26.8. The highest BCUT2D eigenvalue weighted by atomic mass is 32.2. The van der Waals surface area contributed by atoms with Gasteiger partial charge in [0, 0.05) is 28.5 Å².